The lowest BCUT2D eigenvalue weighted by molar-refractivity contribution is 0.102. The van der Waals surface area contributed by atoms with Gasteiger partial charge in [0.1, 0.15) is 0 Å². The number of pyridine rings is 1. The van der Waals surface area contributed by atoms with Crippen molar-refractivity contribution >= 4 is 21.3 Å². The highest BCUT2D eigenvalue weighted by molar-refractivity contribution is 7.93. The van der Waals surface area contributed by atoms with Crippen LogP contribution in [0.2, 0.25) is 0 Å². The molecule has 1 aliphatic heterocycles. The van der Waals surface area contributed by atoms with Gasteiger partial charge in [-0.05, 0) is 43.5 Å². The fourth-order valence-corrected chi connectivity index (χ4v) is 5.01. The SMILES string of the molecule is Cc1[nH]c(=O)ccc1C(=O)Nc1cccc(CN=S2(=O)CCCC2)c1. The van der Waals surface area contributed by atoms with Crippen LogP contribution in [0.15, 0.2) is 45.6 Å². The maximum Gasteiger partial charge on any atom is 0.257 e. The number of hydrogen-bond acceptors (Lipinski definition) is 4. The van der Waals surface area contributed by atoms with E-state index in [1.807, 2.05) is 18.2 Å². The first-order chi connectivity index (χ1) is 12.0. The molecule has 1 aromatic heterocycles. The number of hydrogen-bond donors (Lipinski definition) is 2. The van der Waals surface area contributed by atoms with Gasteiger partial charge < -0.3 is 10.3 Å². The molecule has 2 heterocycles. The van der Waals surface area contributed by atoms with Gasteiger partial charge in [0, 0.05) is 38.7 Å². The van der Waals surface area contributed by atoms with Gasteiger partial charge in [-0.25, -0.2) is 8.57 Å². The summed E-state index contributed by atoms with van der Waals surface area (Å²) in [6.45, 7) is 2.07. The molecule has 1 saturated heterocycles. The van der Waals surface area contributed by atoms with Gasteiger partial charge in [-0.2, -0.15) is 0 Å². The zero-order valence-electron chi connectivity index (χ0n) is 14.1. The summed E-state index contributed by atoms with van der Waals surface area (Å²) < 4.78 is 16.8. The van der Waals surface area contributed by atoms with Crippen LogP contribution in [-0.4, -0.2) is 26.6 Å². The van der Waals surface area contributed by atoms with E-state index in [1.165, 1.54) is 12.1 Å². The number of rotatable bonds is 4. The molecule has 1 aliphatic rings. The molecule has 7 heteroatoms. The molecule has 0 saturated carbocycles. The number of carbonyl (C=O) groups excluding carboxylic acids is 1. The Morgan fingerprint density at radius 1 is 1.24 bits per heavy atom. The van der Waals surface area contributed by atoms with Crippen LogP contribution in [0.1, 0.15) is 34.5 Å². The zero-order chi connectivity index (χ0) is 17.9. The first-order valence-electron chi connectivity index (χ1n) is 8.24. The minimum absolute atomic E-state index is 0.237. The highest BCUT2D eigenvalue weighted by Gasteiger charge is 2.15. The lowest BCUT2D eigenvalue weighted by Gasteiger charge is -2.08. The molecule has 1 fully saturated rings. The third kappa shape index (κ3) is 4.36. The first kappa shape index (κ1) is 17.4. The van der Waals surface area contributed by atoms with E-state index in [-0.39, 0.29) is 11.5 Å². The topological polar surface area (TPSA) is 91.4 Å². The van der Waals surface area contributed by atoms with Crippen molar-refractivity contribution in [2.24, 2.45) is 4.36 Å². The summed E-state index contributed by atoms with van der Waals surface area (Å²) in [4.78, 5) is 26.2. The normalized spacial score (nSPS) is 15.7. The van der Waals surface area contributed by atoms with Gasteiger partial charge in [-0.1, -0.05) is 12.1 Å². The Kier molecular flexibility index (Phi) is 5.03. The number of nitrogens with one attached hydrogen (secondary N) is 2. The molecule has 2 N–H and O–H groups in total. The largest absolute Gasteiger partial charge is 0.326 e. The number of benzene rings is 1. The van der Waals surface area contributed by atoms with E-state index in [9.17, 15) is 13.8 Å². The van der Waals surface area contributed by atoms with Crippen LogP contribution >= 0.6 is 0 Å². The Morgan fingerprint density at radius 2 is 2.00 bits per heavy atom. The number of aromatic nitrogens is 1. The Labute approximate surface area is 146 Å². The predicted octanol–water partition coefficient (Wildman–Crippen LogP) is 2.70. The van der Waals surface area contributed by atoms with Crippen LogP contribution in [0.4, 0.5) is 5.69 Å². The maximum absolute atomic E-state index is 12.4. The molecule has 0 radical (unpaired) electrons. The number of aromatic amines is 1. The molecule has 3 rings (SSSR count). The molecular weight excluding hydrogens is 338 g/mol. The molecule has 1 amide bonds. The van der Waals surface area contributed by atoms with E-state index in [4.69, 9.17) is 0 Å². The minimum atomic E-state index is -2.04. The Morgan fingerprint density at radius 3 is 2.72 bits per heavy atom. The summed E-state index contributed by atoms with van der Waals surface area (Å²) in [5.74, 6) is 1.09. The van der Waals surface area contributed by atoms with Crippen molar-refractivity contribution in [1.82, 2.24) is 4.98 Å². The fourth-order valence-electron chi connectivity index (χ4n) is 2.85. The number of nitrogens with zero attached hydrogens (tertiary/aromatic N) is 1. The predicted molar refractivity (Wildman–Crippen MR) is 99.4 cm³/mol. The summed E-state index contributed by atoms with van der Waals surface area (Å²) in [6.07, 6.45) is 1.97. The zero-order valence-corrected chi connectivity index (χ0v) is 14.9. The van der Waals surface area contributed by atoms with Gasteiger partial charge in [-0.15, -0.1) is 0 Å². The van der Waals surface area contributed by atoms with Crippen molar-refractivity contribution in [3.8, 4) is 0 Å². The van der Waals surface area contributed by atoms with Crippen LogP contribution < -0.4 is 10.9 Å². The van der Waals surface area contributed by atoms with Crippen molar-refractivity contribution in [2.75, 3.05) is 16.8 Å². The van der Waals surface area contributed by atoms with Crippen LogP contribution in [0, 0.1) is 6.92 Å². The molecule has 25 heavy (non-hydrogen) atoms. The van der Waals surface area contributed by atoms with Gasteiger partial charge in [0.15, 0.2) is 0 Å². The molecule has 0 aliphatic carbocycles. The van der Waals surface area contributed by atoms with Crippen LogP contribution in [0.5, 0.6) is 0 Å². The quantitative estimate of drug-likeness (QED) is 0.879. The molecule has 0 spiro atoms. The Balaban J connectivity index is 1.74. The third-order valence-corrected chi connectivity index (χ3v) is 6.66. The van der Waals surface area contributed by atoms with Gasteiger partial charge in [0.2, 0.25) is 5.56 Å². The lowest BCUT2D eigenvalue weighted by Crippen LogP contribution is -2.17. The molecule has 6 nitrogen and oxygen atoms in total. The number of H-pyrrole nitrogens is 1. The van der Waals surface area contributed by atoms with E-state index in [2.05, 4.69) is 14.7 Å². The van der Waals surface area contributed by atoms with Crippen molar-refractivity contribution < 1.29 is 9.00 Å². The second-order valence-corrected chi connectivity index (χ2v) is 8.81. The highest BCUT2D eigenvalue weighted by atomic mass is 32.2. The summed E-state index contributed by atoms with van der Waals surface area (Å²) in [6, 6.07) is 10.2. The van der Waals surface area contributed by atoms with Crippen LogP contribution in [0.25, 0.3) is 0 Å². The second kappa shape index (κ2) is 7.23. The van der Waals surface area contributed by atoms with Gasteiger partial charge in [0.25, 0.3) is 5.91 Å². The second-order valence-electron chi connectivity index (χ2n) is 6.19. The molecule has 1 aromatic carbocycles. The standard InChI is InChI=1S/C18H21N3O3S/c1-13-16(7-8-17(22)20-13)18(23)21-15-6-4-5-14(11-15)12-19-25(24)9-2-3-10-25/h4-8,11H,2-3,9-10,12H2,1H3,(H,20,22)(H,21,23). The van der Waals surface area contributed by atoms with E-state index >= 15 is 0 Å². The van der Waals surface area contributed by atoms with Crippen molar-refractivity contribution in [3.63, 3.8) is 0 Å². The lowest BCUT2D eigenvalue weighted by atomic mass is 10.1. The average Bonchev–Trinajstić information content (AvgIpc) is 3.00. The van der Waals surface area contributed by atoms with Crippen molar-refractivity contribution in [2.45, 2.75) is 26.3 Å². The van der Waals surface area contributed by atoms with Gasteiger partial charge in [0.05, 0.1) is 12.1 Å². The molecule has 0 bridgehead atoms. The van der Waals surface area contributed by atoms with Gasteiger partial charge >= 0.3 is 0 Å². The van der Waals surface area contributed by atoms with Crippen molar-refractivity contribution in [3.05, 3.63) is 63.6 Å². The van der Waals surface area contributed by atoms with E-state index in [1.54, 1.807) is 13.0 Å². The smallest absolute Gasteiger partial charge is 0.257 e. The highest BCUT2D eigenvalue weighted by Crippen LogP contribution is 2.17. The Bertz CT molecular complexity index is 960. The fraction of sp³-hybridized carbons (Fsp3) is 0.333. The summed E-state index contributed by atoms with van der Waals surface area (Å²) in [5.41, 5.74) is 2.26. The van der Waals surface area contributed by atoms with Crippen LogP contribution in [0.3, 0.4) is 0 Å². The maximum atomic E-state index is 12.4. The average molecular weight is 359 g/mol. The number of aryl methyl sites for hydroxylation is 1. The summed E-state index contributed by atoms with van der Waals surface area (Å²) >= 11 is 0. The molecule has 0 unspecified atom stereocenters. The molecule has 132 valence electrons. The number of anilines is 1. The van der Waals surface area contributed by atoms with Crippen LogP contribution in [-0.2, 0) is 16.3 Å². The monoisotopic (exact) mass is 359 g/mol. The summed E-state index contributed by atoms with van der Waals surface area (Å²) in [5, 5.41) is 2.82. The minimum Gasteiger partial charge on any atom is -0.326 e. The van der Waals surface area contributed by atoms with E-state index in [0.29, 0.717) is 35.0 Å². The van der Waals surface area contributed by atoms with Gasteiger partial charge in [-0.3, -0.25) is 9.59 Å². The number of carbonyl (C=O) groups is 1. The molecule has 2 aromatic rings. The first-order valence-corrected chi connectivity index (χ1v) is 10.1. The molecular formula is C18H21N3O3S. The van der Waals surface area contributed by atoms with E-state index in [0.717, 1.165) is 18.4 Å². The summed E-state index contributed by atoms with van der Waals surface area (Å²) in [7, 11) is -2.04. The third-order valence-electron chi connectivity index (χ3n) is 4.20. The molecule has 0 atom stereocenters. The van der Waals surface area contributed by atoms with E-state index < -0.39 is 9.73 Å². The van der Waals surface area contributed by atoms with Crippen molar-refractivity contribution in [1.29, 1.82) is 0 Å². The Hall–Kier alpha value is -2.41. The number of amides is 1.